The molecule has 0 fully saturated rings. The molecule has 1 aliphatic heterocycles. The molecule has 0 spiro atoms. The summed E-state index contributed by atoms with van der Waals surface area (Å²) in [5, 5.41) is 28.7. The van der Waals surface area contributed by atoms with E-state index >= 15 is 0 Å². The molecule has 0 amide bonds. The highest BCUT2D eigenvalue weighted by Gasteiger charge is 2.22. The number of nitrogens with zero attached hydrogens (tertiary/aromatic N) is 2. The van der Waals surface area contributed by atoms with Crippen molar-refractivity contribution in [1.29, 1.82) is 0 Å². The van der Waals surface area contributed by atoms with Crippen LogP contribution in [0.1, 0.15) is 16.8 Å². The number of nitrogens with two attached hydrogens (primary N) is 1. The Labute approximate surface area is 125 Å². The predicted molar refractivity (Wildman–Crippen MR) is 78.5 cm³/mol. The number of hydrogen-bond acceptors (Lipinski definition) is 7. The van der Waals surface area contributed by atoms with Crippen molar-refractivity contribution in [3.63, 3.8) is 0 Å². The van der Waals surface area contributed by atoms with Gasteiger partial charge in [0.25, 0.3) is 5.56 Å². The number of rotatable bonds is 2. The highest BCUT2D eigenvalue weighted by Crippen LogP contribution is 2.33. The lowest BCUT2D eigenvalue weighted by Crippen LogP contribution is -2.35. The highest BCUT2D eigenvalue weighted by molar-refractivity contribution is 5.48. The number of fused-ring (bicyclic) bond motifs is 1. The lowest BCUT2D eigenvalue weighted by atomic mass is 10.1. The minimum Gasteiger partial charge on any atom is -0.507 e. The van der Waals surface area contributed by atoms with Crippen LogP contribution in [0.3, 0.4) is 0 Å². The Bertz CT molecular complexity index is 787. The molecule has 0 saturated carbocycles. The van der Waals surface area contributed by atoms with E-state index in [1.54, 1.807) is 0 Å². The molecule has 0 aliphatic carbocycles. The monoisotopic (exact) mass is 304 g/mol. The SMILES string of the molecule is Nc1nc2c(c(=O)[nH]1)CN(Cc1cc(O)c(O)cc1O)CC2. The van der Waals surface area contributed by atoms with Crippen LogP contribution in [0, 0.1) is 0 Å². The molecule has 1 aliphatic rings. The number of benzene rings is 1. The number of nitrogen functional groups attached to an aromatic ring is 1. The van der Waals surface area contributed by atoms with Gasteiger partial charge in [-0.1, -0.05) is 0 Å². The Morgan fingerprint density at radius 2 is 1.95 bits per heavy atom. The molecule has 116 valence electrons. The molecule has 1 aromatic carbocycles. The Hall–Kier alpha value is -2.74. The van der Waals surface area contributed by atoms with Crippen molar-refractivity contribution < 1.29 is 15.3 Å². The molecule has 0 radical (unpaired) electrons. The molecular weight excluding hydrogens is 288 g/mol. The lowest BCUT2D eigenvalue weighted by molar-refractivity contribution is 0.238. The van der Waals surface area contributed by atoms with Gasteiger partial charge in [-0.25, -0.2) is 4.98 Å². The van der Waals surface area contributed by atoms with Crippen molar-refractivity contribution in [2.75, 3.05) is 12.3 Å². The van der Waals surface area contributed by atoms with E-state index in [1.807, 2.05) is 4.90 Å². The molecule has 2 heterocycles. The number of aromatic hydroxyl groups is 3. The van der Waals surface area contributed by atoms with Gasteiger partial charge < -0.3 is 21.1 Å². The summed E-state index contributed by atoms with van der Waals surface area (Å²) in [6.07, 6.45) is 0.578. The summed E-state index contributed by atoms with van der Waals surface area (Å²) >= 11 is 0. The average Bonchev–Trinajstić information content (AvgIpc) is 2.45. The number of phenols is 3. The fourth-order valence-corrected chi connectivity index (χ4v) is 2.61. The van der Waals surface area contributed by atoms with E-state index in [2.05, 4.69) is 9.97 Å². The number of anilines is 1. The van der Waals surface area contributed by atoms with E-state index in [0.717, 1.165) is 6.07 Å². The number of nitrogens with one attached hydrogen (secondary N) is 1. The van der Waals surface area contributed by atoms with Crippen molar-refractivity contribution in [3.8, 4) is 17.2 Å². The van der Waals surface area contributed by atoms with Crippen LogP contribution in [-0.4, -0.2) is 36.7 Å². The first-order valence-electron chi connectivity index (χ1n) is 6.77. The molecule has 0 unspecified atom stereocenters. The van der Waals surface area contributed by atoms with Crippen molar-refractivity contribution in [2.24, 2.45) is 0 Å². The molecule has 1 aromatic heterocycles. The number of phenolic OH excluding ortho intramolecular Hbond substituents is 3. The second-order valence-corrected chi connectivity index (χ2v) is 5.31. The zero-order valence-corrected chi connectivity index (χ0v) is 11.7. The van der Waals surface area contributed by atoms with Gasteiger partial charge in [-0.15, -0.1) is 0 Å². The van der Waals surface area contributed by atoms with Gasteiger partial charge in [-0.3, -0.25) is 14.7 Å². The first-order chi connectivity index (χ1) is 10.4. The van der Waals surface area contributed by atoms with Crippen molar-refractivity contribution in [2.45, 2.75) is 19.5 Å². The van der Waals surface area contributed by atoms with Crippen LogP contribution in [0.4, 0.5) is 5.95 Å². The van der Waals surface area contributed by atoms with Crippen LogP contribution in [0.25, 0.3) is 0 Å². The van der Waals surface area contributed by atoms with Gasteiger partial charge >= 0.3 is 0 Å². The van der Waals surface area contributed by atoms with Crippen molar-refractivity contribution in [3.05, 3.63) is 39.3 Å². The standard InChI is InChI=1S/C14H16N4O4/c15-14-16-9-1-2-18(6-8(9)13(22)17-14)5-7-3-11(20)12(21)4-10(7)19/h3-4,19-21H,1-2,5-6H2,(H3,15,16,17,22). The zero-order chi connectivity index (χ0) is 15.9. The Balaban J connectivity index is 1.84. The zero-order valence-electron chi connectivity index (χ0n) is 11.7. The molecule has 8 heteroatoms. The Morgan fingerprint density at radius 3 is 2.73 bits per heavy atom. The van der Waals surface area contributed by atoms with Crippen LogP contribution >= 0.6 is 0 Å². The molecule has 3 rings (SSSR count). The first-order valence-corrected chi connectivity index (χ1v) is 6.77. The second-order valence-electron chi connectivity index (χ2n) is 5.31. The first kappa shape index (κ1) is 14.2. The van der Waals surface area contributed by atoms with E-state index < -0.39 is 0 Å². The fraction of sp³-hybridized carbons (Fsp3) is 0.286. The van der Waals surface area contributed by atoms with Gasteiger partial charge in [0.2, 0.25) is 5.95 Å². The molecule has 0 bridgehead atoms. The van der Waals surface area contributed by atoms with Crippen LogP contribution in [-0.2, 0) is 19.5 Å². The van der Waals surface area contributed by atoms with Gasteiger partial charge in [0, 0.05) is 37.7 Å². The summed E-state index contributed by atoms with van der Waals surface area (Å²) in [5.74, 6) is -0.664. The maximum Gasteiger partial charge on any atom is 0.257 e. The molecule has 6 N–H and O–H groups in total. The molecule has 0 saturated heterocycles. The maximum atomic E-state index is 11.9. The number of H-pyrrole nitrogens is 1. The molecule has 2 aromatic rings. The summed E-state index contributed by atoms with van der Waals surface area (Å²) in [6, 6.07) is 2.41. The minimum absolute atomic E-state index is 0.106. The lowest BCUT2D eigenvalue weighted by Gasteiger charge is -2.27. The minimum atomic E-state index is -0.374. The summed E-state index contributed by atoms with van der Waals surface area (Å²) in [7, 11) is 0. The number of aromatic amines is 1. The third kappa shape index (κ3) is 2.56. The topological polar surface area (TPSA) is 136 Å². The normalized spacial score (nSPS) is 14.7. The summed E-state index contributed by atoms with van der Waals surface area (Å²) in [6.45, 7) is 1.35. The number of aromatic nitrogens is 2. The van der Waals surface area contributed by atoms with Crippen molar-refractivity contribution >= 4 is 5.95 Å². The fourth-order valence-electron chi connectivity index (χ4n) is 2.61. The highest BCUT2D eigenvalue weighted by atomic mass is 16.3. The van der Waals surface area contributed by atoms with Gasteiger partial charge in [-0.05, 0) is 6.07 Å². The summed E-state index contributed by atoms with van der Waals surface area (Å²) < 4.78 is 0. The smallest absolute Gasteiger partial charge is 0.257 e. The molecule has 0 atom stereocenters. The Kier molecular flexibility index (Phi) is 3.38. The van der Waals surface area contributed by atoms with E-state index in [1.165, 1.54) is 6.07 Å². The van der Waals surface area contributed by atoms with Gasteiger partial charge in [0.1, 0.15) is 5.75 Å². The largest absolute Gasteiger partial charge is 0.507 e. The number of hydrogen-bond donors (Lipinski definition) is 5. The van der Waals surface area contributed by atoms with E-state index in [9.17, 15) is 20.1 Å². The van der Waals surface area contributed by atoms with Crippen LogP contribution in [0.15, 0.2) is 16.9 Å². The summed E-state index contributed by atoms with van der Waals surface area (Å²) in [5.41, 5.74) is 6.99. The third-order valence-corrected chi connectivity index (χ3v) is 3.74. The molecular formula is C14H16N4O4. The summed E-state index contributed by atoms with van der Waals surface area (Å²) in [4.78, 5) is 20.5. The van der Waals surface area contributed by atoms with Gasteiger partial charge in [0.05, 0.1) is 11.3 Å². The quantitative estimate of drug-likeness (QED) is 0.390. The van der Waals surface area contributed by atoms with E-state index in [4.69, 9.17) is 5.73 Å². The Morgan fingerprint density at radius 1 is 1.23 bits per heavy atom. The van der Waals surface area contributed by atoms with Crippen LogP contribution in [0.5, 0.6) is 17.2 Å². The van der Waals surface area contributed by atoms with Gasteiger partial charge in [0.15, 0.2) is 11.5 Å². The van der Waals surface area contributed by atoms with Crippen LogP contribution < -0.4 is 11.3 Å². The van der Waals surface area contributed by atoms with Crippen molar-refractivity contribution in [1.82, 2.24) is 14.9 Å². The molecule has 8 nitrogen and oxygen atoms in total. The van der Waals surface area contributed by atoms with E-state index in [-0.39, 0.29) is 28.8 Å². The van der Waals surface area contributed by atoms with Crippen LogP contribution in [0.2, 0.25) is 0 Å². The average molecular weight is 304 g/mol. The molecule has 22 heavy (non-hydrogen) atoms. The van der Waals surface area contributed by atoms with Gasteiger partial charge in [-0.2, -0.15) is 0 Å². The predicted octanol–water partition coefficient (Wildman–Crippen LogP) is 0.0272. The maximum absolute atomic E-state index is 11.9. The van der Waals surface area contributed by atoms with E-state index in [0.29, 0.717) is 42.9 Å². The third-order valence-electron chi connectivity index (χ3n) is 3.74. The second kappa shape index (κ2) is 5.23.